The summed E-state index contributed by atoms with van der Waals surface area (Å²) in [5, 5.41) is 12.3. The van der Waals surface area contributed by atoms with Gasteiger partial charge in [-0.25, -0.2) is 8.78 Å². The van der Waals surface area contributed by atoms with E-state index in [9.17, 15) is 8.78 Å². The van der Waals surface area contributed by atoms with E-state index in [1.54, 1.807) is 0 Å². The molecule has 2 aromatic rings. The largest absolute Gasteiger partial charge is 0.398 e. The van der Waals surface area contributed by atoms with E-state index in [0.717, 1.165) is 0 Å². The van der Waals surface area contributed by atoms with E-state index in [0.29, 0.717) is 21.3 Å². The Hall–Kier alpha value is -1.47. The van der Waals surface area contributed by atoms with Gasteiger partial charge in [-0.15, -0.1) is 10.2 Å². The average Bonchev–Trinajstić information content (AvgIpc) is 2.79. The Morgan fingerprint density at radius 2 is 1.95 bits per heavy atom. The van der Waals surface area contributed by atoms with Crippen molar-refractivity contribution in [1.29, 1.82) is 0 Å². The third kappa shape index (κ3) is 2.31. The second kappa shape index (κ2) is 4.53. The Labute approximate surface area is 122 Å². The highest BCUT2D eigenvalue weighted by Crippen LogP contribution is 2.44. The molecule has 20 heavy (non-hydrogen) atoms. The molecule has 106 valence electrons. The van der Waals surface area contributed by atoms with E-state index >= 15 is 0 Å². The van der Waals surface area contributed by atoms with E-state index in [-0.39, 0.29) is 18.7 Å². The zero-order valence-electron chi connectivity index (χ0n) is 10.0. The predicted molar refractivity (Wildman–Crippen MR) is 70.9 cm³/mol. The molecule has 0 amide bonds. The molecule has 0 bridgehead atoms. The van der Waals surface area contributed by atoms with Crippen molar-refractivity contribution in [2.24, 2.45) is 0 Å². The first-order valence-electron chi connectivity index (χ1n) is 5.78. The van der Waals surface area contributed by atoms with Gasteiger partial charge in [0.2, 0.25) is 5.82 Å². The fraction of sp³-hybridized carbons (Fsp3) is 0.364. The first-order valence-corrected chi connectivity index (χ1v) is 6.53. The monoisotopic (exact) mass is 319 g/mol. The highest BCUT2D eigenvalue weighted by Gasteiger charge is 2.47. The molecule has 5 nitrogen and oxygen atoms in total. The van der Waals surface area contributed by atoms with E-state index in [2.05, 4.69) is 15.4 Å². The number of nitrogens with zero attached hydrogens (tertiary/aromatic N) is 4. The van der Waals surface area contributed by atoms with Gasteiger partial charge in [-0.1, -0.05) is 23.2 Å². The van der Waals surface area contributed by atoms with Crippen LogP contribution in [0.2, 0.25) is 10.0 Å². The second-order valence-corrected chi connectivity index (χ2v) is 5.52. The quantitative estimate of drug-likeness (QED) is 0.863. The molecular formula is C11H9Cl2F2N5. The molecule has 1 aromatic heterocycles. The lowest BCUT2D eigenvalue weighted by atomic mass is 9.89. The second-order valence-electron chi connectivity index (χ2n) is 4.71. The molecule has 1 aliphatic carbocycles. The van der Waals surface area contributed by atoms with E-state index < -0.39 is 12.0 Å². The molecule has 1 saturated carbocycles. The van der Waals surface area contributed by atoms with Crippen LogP contribution in [-0.2, 0) is 0 Å². The summed E-state index contributed by atoms with van der Waals surface area (Å²) in [5.41, 5.74) is 6.49. The normalized spacial score (nSPS) is 18.0. The predicted octanol–water partition coefficient (Wildman–Crippen LogP) is 3.20. The number of aromatic nitrogens is 4. The molecular weight excluding hydrogens is 311 g/mol. The topological polar surface area (TPSA) is 69.6 Å². The number of benzene rings is 1. The highest BCUT2D eigenvalue weighted by atomic mass is 35.5. The number of alkyl halides is 2. The van der Waals surface area contributed by atoms with Gasteiger partial charge in [0.25, 0.3) is 5.92 Å². The van der Waals surface area contributed by atoms with Crippen LogP contribution in [0.1, 0.15) is 18.9 Å². The molecule has 0 unspecified atom stereocenters. The molecule has 0 saturated heterocycles. The standard InChI is InChI=1S/C11H9Cl2F2N5/c12-7-2-8(13)9(16)1-6(7)10-17-19-20(18-10)5-3-11(14,15)4-5/h1-2,5H,3-4,16H2. The maximum Gasteiger partial charge on any atom is 0.252 e. The Morgan fingerprint density at radius 3 is 2.60 bits per heavy atom. The average molecular weight is 320 g/mol. The Kier molecular flexibility index (Phi) is 3.06. The molecule has 1 fully saturated rings. The third-order valence-corrected chi connectivity index (χ3v) is 3.79. The van der Waals surface area contributed by atoms with Crippen LogP contribution >= 0.6 is 23.2 Å². The van der Waals surface area contributed by atoms with Gasteiger partial charge in [-0.3, -0.25) is 0 Å². The van der Waals surface area contributed by atoms with Crippen LogP contribution in [0.25, 0.3) is 11.4 Å². The zero-order valence-corrected chi connectivity index (χ0v) is 11.5. The summed E-state index contributed by atoms with van der Waals surface area (Å²) in [6.45, 7) is 0. The van der Waals surface area contributed by atoms with E-state index in [1.807, 2.05) is 0 Å². The van der Waals surface area contributed by atoms with Crippen molar-refractivity contribution in [3.63, 3.8) is 0 Å². The molecule has 0 aliphatic heterocycles. The maximum atomic E-state index is 12.8. The first-order chi connectivity index (χ1) is 9.35. The maximum absolute atomic E-state index is 12.8. The van der Waals surface area contributed by atoms with Crippen LogP contribution in [0.5, 0.6) is 0 Å². The third-order valence-electron chi connectivity index (χ3n) is 3.15. The fourth-order valence-electron chi connectivity index (χ4n) is 2.02. The van der Waals surface area contributed by atoms with Gasteiger partial charge in [0.1, 0.15) is 0 Å². The van der Waals surface area contributed by atoms with Crippen molar-refractivity contribution < 1.29 is 8.78 Å². The molecule has 3 rings (SSSR count). The fourth-order valence-corrected chi connectivity index (χ4v) is 2.49. The number of hydrogen-bond donors (Lipinski definition) is 1. The Bertz CT molecular complexity index is 665. The SMILES string of the molecule is Nc1cc(-c2nnn(C3CC(F)(F)C3)n2)c(Cl)cc1Cl. The minimum Gasteiger partial charge on any atom is -0.398 e. The molecule has 0 radical (unpaired) electrons. The van der Waals surface area contributed by atoms with Crippen LogP contribution < -0.4 is 5.73 Å². The Balaban J connectivity index is 1.89. The van der Waals surface area contributed by atoms with Crippen molar-refractivity contribution in [3.8, 4) is 11.4 Å². The number of anilines is 1. The van der Waals surface area contributed by atoms with E-state index in [1.165, 1.54) is 16.9 Å². The molecule has 1 aliphatic rings. The number of nitrogens with two attached hydrogens (primary N) is 1. The van der Waals surface area contributed by atoms with Gasteiger partial charge in [0.05, 0.1) is 21.8 Å². The molecule has 1 aromatic carbocycles. The van der Waals surface area contributed by atoms with Crippen LogP contribution in [0, 0.1) is 0 Å². The summed E-state index contributed by atoms with van der Waals surface area (Å²) in [4.78, 5) is 1.19. The van der Waals surface area contributed by atoms with Crippen molar-refractivity contribution >= 4 is 28.9 Å². The van der Waals surface area contributed by atoms with Crippen molar-refractivity contribution in [1.82, 2.24) is 20.2 Å². The molecule has 2 N–H and O–H groups in total. The van der Waals surface area contributed by atoms with Crippen LogP contribution in [0.3, 0.4) is 0 Å². The van der Waals surface area contributed by atoms with Crippen molar-refractivity contribution in [3.05, 3.63) is 22.2 Å². The molecule has 0 spiro atoms. The number of rotatable bonds is 2. The highest BCUT2D eigenvalue weighted by molar-refractivity contribution is 6.37. The molecule has 1 heterocycles. The van der Waals surface area contributed by atoms with Gasteiger partial charge in [-0.05, 0) is 17.3 Å². The van der Waals surface area contributed by atoms with Gasteiger partial charge in [0, 0.05) is 18.4 Å². The lowest BCUT2D eigenvalue weighted by Gasteiger charge is -2.33. The van der Waals surface area contributed by atoms with Crippen molar-refractivity contribution in [2.45, 2.75) is 24.8 Å². The molecule has 9 heteroatoms. The summed E-state index contributed by atoms with van der Waals surface area (Å²) in [6.07, 6.45) is -0.557. The summed E-state index contributed by atoms with van der Waals surface area (Å²) in [6, 6.07) is 2.57. The number of halogens is 4. The lowest BCUT2D eigenvalue weighted by Crippen LogP contribution is -2.38. The van der Waals surface area contributed by atoms with Crippen LogP contribution in [0.15, 0.2) is 12.1 Å². The van der Waals surface area contributed by atoms with Gasteiger partial charge < -0.3 is 5.73 Å². The smallest absolute Gasteiger partial charge is 0.252 e. The number of tetrazole rings is 1. The minimum absolute atomic E-state index is 0.230. The summed E-state index contributed by atoms with van der Waals surface area (Å²) in [5.74, 6) is -2.41. The summed E-state index contributed by atoms with van der Waals surface area (Å²) >= 11 is 11.9. The van der Waals surface area contributed by atoms with Gasteiger partial charge in [0.15, 0.2) is 0 Å². The number of hydrogen-bond acceptors (Lipinski definition) is 4. The van der Waals surface area contributed by atoms with Crippen molar-refractivity contribution in [2.75, 3.05) is 5.73 Å². The zero-order chi connectivity index (χ0) is 14.5. The molecule has 0 atom stereocenters. The minimum atomic E-state index is -2.64. The van der Waals surface area contributed by atoms with Crippen LogP contribution in [-0.4, -0.2) is 26.1 Å². The Morgan fingerprint density at radius 1 is 1.25 bits per heavy atom. The summed E-state index contributed by atoms with van der Waals surface area (Å²) < 4.78 is 25.6. The van der Waals surface area contributed by atoms with Gasteiger partial charge in [-0.2, -0.15) is 4.80 Å². The van der Waals surface area contributed by atoms with Crippen LogP contribution in [0.4, 0.5) is 14.5 Å². The first kappa shape index (κ1) is 13.5. The number of nitrogen functional groups attached to an aromatic ring is 1. The van der Waals surface area contributed by atoms with Gasteiger partial charge >= 0.3 is 0 Å². The summed E-state index contributed by atoms with van der Waals surface area (Å²) in [7, 11) is 0. The van der Waals surface area contributed by atoms with E-state index in [4.69, 9.17) is 28.9 Å². The lowest BCUT2D eigenvalue weighted by molar-refractivity contribution is -0.110.